The minimum absolute atomic E-state index is 0.0464. The maximum Gasteiger partial charge on any atom is 0.416 e. The predicted octanol–water partition coefficient (Wildman–Crippen LogP) is 6.54. The molecule has 1 atom stereocenters. The molecule has 0 aromatic heterocycles. The number of halogens is 5. The van der Waals surface area contributed by atoms with Crippen molar-refractivity contribution in [3.63, 3.8) is 0 Å². The first-order valence-electron chi connectivity index (χ1n) is 9.39. The topological polar surface area (TPSA) is 37.4 Å². The fourth-order valence-corrected chi connectivity index (χ4v) is 4.53. The molecule has 0 spiro atoms. The highest BCUT2D eigenvalue weighted by Crippen LogP contribution is 2.46. The lowest BCUT2D eigenvalue weighted by molar-refractivity contribution is -0.138. The van der Waals surface area contributed by atoms with Gasteiger partial charge in [0, 0.05) is 30.0 Å². The molecular weight excluding hydrogens is 438 g/mol. The average molecular weight is 454 g/mol. The summed E-state index contributed by atoms with van der Waals surface area (Å²) in [6.07, 6.45) is -3.64. The number of carbonyl (C=O) groups excluding carboxylic acids is 2. The van der Waals surface area contributed by atoms with E-state index in [1.165, 1.54) is 29.2 Å². The van der Waals surface area contributed by atoms with Gasteiger partial charge >= 0.3 is 6.18 Å². The van der Waals surface area contributed by atoms with Crippen LogP contribution in [0, 0.1) is 0 Å². The number of amides is 1. The third-order valence-electron chi connectivity index (χ3n) is 5.48. The van der Waals surface area contributed by atoms with E-state index < -0.39 is 17.7 Å². The summed E-state index contributed by atoms with van der Waals surface area (Å²) in [6.45, 7) is 0. The molecular formula is C22H16Cl2F3NO2. The summed E-state index contributed by atoms with van der Waals surface area (Å²) < 4.78 is 40.9. The molecule has 1 heterocycles. The van der Waals surface area contributed by atoms with Gasteiger partial charge in [0.05, 0.1) is 21.3 Å². The van der Waals surface area contributed by atoms with Gasteiger partial charge in [-0.1, -0.05) is 41.4 Å². The number of anilines is 1. The Labute approximate surface area is 181 Å². The van der Waals surface area contributed by atoms with Crippen LogP contribution in [0.3, 0.4) is 0 Å². The molecule has 8 heteroatoms. The first-order chi connectivity index (χ1) is 14.2. The van der Waals surface area contributed by atoms with E-state index in [0.717, 1.165) is 6.07 Å². The van der Waals surface area contributed by atoms with Crippen LogP contribution in [0.1, 0.15) is 42.7 Å². The van der Waals surface area contributed by atoms with Gasteiger partial charge in [0.1, 0.15) is 0 Å². The van der Waals surface area contributed by atoms with Crippen molar-refractivity contribution in [2.75, 3.05) is 4.90 Å². The standard InChI is InChI=1S/C22H16Cl2F3NO2/c23-16-9-8-12(10-17(16)24)28-18-6-3-7-19(29)21(18)14(11-20(28)30)13-4-1-2-5-15(13)22(25,26)27/h1-2,4-5,8-10,14H,3,6-7,11H2. The highest BCUT2D eigenvalue weighted by Gasteiger charge is 2.43. The molecule has 3 nitrogen and oxygen atoms in total. The number of Topliss-reactive ketones (excluding diaryl/α,β-unsaturated/α-hetero) is 1. The number of hydrogen-bond acceptors (Lipinski definition) is 2. The van der Waals surface area contributed by atoms with E-state index in [1.54, 1.807) is 12.1 Å². The number of rotatable bonds is 2. The van der Waals surface area contributed by atoms with Crippen LogP contribution in [0.2, 0.25) is 10.0 Å². The second-order valence-corrected chi connectivity index (χ2v) is 8.12. The average Bonchev–Trinajstić information content (AvgIpc) is 2.69. The molecule has 0 fully saturated rings. The van der Waals surface area contributed by atoms with E-state index in [4.69, 9.17) is 23.2 Å². The van der Waals surface area contributed by atoms with Crippen LogP contribution in [0.5, 0.6) is 0 Å². The lowest BCUT2D eigenvalue weighted by Gasteiger charge is -2.39. The molecule has 2 aliphatic rings. The van der Waals surface area contributed by atoms with Crippen molar-refractivity contribution < 1.29 is 22.8 Å². The van der Waals surface area contributed by atoms with Crippen LogP contribution in [0.25, 0.3) is 0 Å². The number of nitrogens with zero attached hydrogens (tertiary/aromatic N) is 1. The van der Waals surface area contributed by atoms with E-state index in [0.29, 0.717) is 29.2 Å². The highest BCUT2D eigenvalue weighted by atomic mass is 35.5. The number of benzene rings is 2. The Kier molecular flexibility index (Phi) is 5.41. The summed E-state index contributed by atoms with van der Waals surface area (Å²) in [4.78, 5) is 27.4. The number of hydrogen-bond donors (Lipinski definition) is 0. The maximum absolute atomic E-state index is 13.6. The second-order valence-electron chi connectivity index (χ2n) is 7.31. The minimum Gasteiger partial charge on any atom is -0.294 e. The molecule has 0 saturated carbocycles. The molecule has 156 valence electrons. The zero-order chi connectivity index (χ0) is 21.6. The summed E-state index contributed by atoms with van der Waals surface area (Å²) in [5.41, 5.74) is 0.302. The SMILES string of the molecule is O=C1CCCC2=C1C(c1ccccc1C(F)(F)F)CC(=O)N2c1ccc(Cl)c(Cl)c1. The molecule has 1 aliphatic carbocycles. The van der Waals surface area contributed by atoms with Crippen LogP contribution in [0.4, 0.5) is 18.9 Å². The van der Waals surface area contributed by atoms with Crippen molar-refractivity contribution in [3.05, 3.63) is 74.9 Å². The summed E-state index contributed by atoms with van der Waals surface area (Å²) in [6, 6.07) is 9.81. The van der Waals surface area contributed by atoms with E-state index in [1.807, 2.05) is 0 Å². The van der Waals surface area contributed by atoms with Gasteiger partial charge in [-0.2, -0.15) is 13.2 Å². The fraction of sp³-hybridized carbons (Fsp3) is 0.273. The quantitative estimate of drug-likeness (QED) is 0.517. The normalized spacial score (nSPS) is 19.9. The number of ketones is 1. The molecule has 4 rings (SSSR count). The lowest BCUT2D eigenvalue weighted by atomic mass is 9.76. The number of carbonyl (C=O) groups is 2. The van der Waals surface area contributed by atoms with Gasteiger partial charge in [0.15, 0.2) is 5.78 Å². The summed E-state index contributed by atoms with van der Waals surface area (Å²) in [5.74, 6) is -1.54. The molecule has 30 heavy (non-hydrogen) atoms. The lowest BCUT2D eigenvalue weighted by Crippen LogP contribution is -2.41. The van der Waals surface area contributed by atoms with Crippen molar-refractivity contribution in [2.45, 2.75) is 37.8 Å². The van der Waals surface area contributed by atoms with Gasteiger partial charge in [-0.3, -0.25) is 14.5 Å². The van der Waals surface area contributed by atoms with Gasteiger partial charge in [0.2, 0.25) is 5.91 Å². The second kappa shape index (κ2) is 7.75. The van der Waals surface area contributed by atoms with Crippen molar-refractivity contribution in [1.82, 2.24) is 0 Å². The first kappa shape index (κ1) is 20.9. The van der Waals surface area contributed by atoms with Gasteiger partial charge in [-0.05, 0) is 42.7 Å². The van der Waals surface area contributed by atoms with E-state index >= 15 is 0 Å². The maximum atomic E-state index is 13.6. The molecule has 0 radical (unpaired) electrons. The summed E-state index contributed by atoms with van der Waals surface area (Å²) in [7, 11) is 0. The number of allylic oxidation sites excluding steroid dienone is 2. The van der Waals surface area contributed by atoms with Crippen LogP contribution in [-0.2, 0) is 15.8 Å². The van der Waals surface area contributed by atoms with Gasteiger partial charge in [-0.15, -0.1) is 0 Å². The molecule has 2 aromatic carbocycles. The van der Waals surface area contributed by atoms with Crippen molar-refractivity contribution in [2.24, 2.45) is 0 Å². The van der Waals surface area contributed by atoms with Crippen LogP contribution < -0.4 is 4.90 Å². The molecule has 1 amide bonds. The first-order valence-corrected chi connectivity index (χ1v) is 10.1. The highest BCUT2D eigenvalue weighted by molar-refractivity contribution is 6.42. The van der Waals surface area contributed by atoms with Crippen molar-refractivity contribution in [1.29, 1.82) is 0 Å². The van der Waals surface area contributed by atoms with E-state index in [-0.39, 0.29) is 40.7 Å². The van der Waals surface area contributed by atoms with Gasteiger partial charge in [-0.25, -0.2) is 0 Å². The Morgan fingerprint density at radius 2 is 1.70 bits per heavy atom. The smallest absolute Gasteiger partial charge is 0.294 e. The van der Waals surface area contributed by atoms with E-state index in [2.05, 4.69) is 0 Å². The third-order valence-corrected chi connectivity index (χ3v) is 6.22. The Morgan fingerprint density at radius 1 is 0.967 bits per heavy atom. The fourth-order valence-electron chi connectivity index (χ4n) is 4.24. The predicted molar refractivity (Wildman–Crippen MR) is 109 cm³/mol. The Hall–Kier alpha value is -2.31. The molecule has 0 N–H and O–H groups in total. The third kappa shape index (κ3) is 3.63. The number of alkyl halides is 3. The Bertz CT molecular complexity index is 1080. The Morgan fingerprint density at radius 3 is 2.40 bits per heavy atom. The minimum atomic E-state index is -4.58. The molecule has 1 unspecified atom stereocenters. The van der Waals surface area contributed by atoms with Crippen LogP contribution >= 0.6 is 23.2 Å². The monoisotopic (exact) mass is 453 g/mol. The van der Waals surface area contributed by atoms with Gasteiger partial charge in [0.25, 0.3) is 0 Å². The van der Waals surface area contributed by atoms with E-state index in [9.17, 15) is 22.8 Å². The molecule has 1 aliphatic heterocycles. The summed E-state index contributed by atoms with van der Waals surface area (Å²) in [5, 5.41) is 0.562. The zero-order valence-electron chi connectivity index (χ0n) is 15.6. The van der Waals surface area contributed by atoms with Crippen molar-refractivity contribution >= 4 is 40.6 Å². The van der Waals surface area contributed by atoms with Crippen LogP contribution in [0.15, 0.2) is 53.7 Å². The Balaban J connectivity index is 1.90. The van der Waals surface area contributed by atoms with Gasteiger partial charge < -0.3 is 0 Å². The largest absolute Gasteiger partial charge is 0.416 e. The molecule has 2 aromatic rings. The van der Waals surface area contributed by atoms with Crippen LogP contribution in [-0.4, -0.2) is 11.7 Å². The van der Waals surface area contributed by atoms with Crippen molar-refractivity contribution in [3.8, 4) is 0 Å². The molecule has 0 saturated heterocycles. The summed E-state index contributed by atoms with van der Waals surface area (Å²) >= 11 is 12.1. The zero-order valence-corrected chi connectivity index (χ0v) is 17.1. The molecule has 0 bridgehead atoms.